The first-order valence-corrected chi connectivity index (χ1v) is 13.4. The Kier molecular flexibility index (Phi) is 10.8. The van der Waals surface area contributed by atoms with E-state index in [1.807, 2.05) is 50.6 Å². The highest BCUT2D eigenvalue weighted by Gasteiger charge is 2.41. The van der Waals surface area contributed by atoms with Gasteiger partial charge in [0.15, 0.2) is 0 Å². The van der Waals surface area contributed by atoms with Crippen LogP contribution in [-0.2, 0) is 11.3 Å². The number of para-hydroxylation sites is 2. The topological polar surface area (TPSA) is 72.0 Å². The quantitative estimate of drug-likeness (QED) is 0.418. The van der Waals surface area contributed by atoms with Crippen LogP contribution in [0.3, 0.4) is 0 Å². The number of aliphatic imine (C=N–C) groups is 1. The number of hydrogen-bond acceptors (Lipinski definition) is 6. The van der Waals surface area contributed by atoms with Crippen molar-refractivity contribution in [3.63, 3.8) is 0 Å². The zero-order chi connectivity index (χ0) is 26.7. The number of fused-ring (bicyclic) bond motifs is 1. The number of carbonyl (C=O) groups is 1. The van der Waals surface area contributed by atoms with Crippen LogP contribution in [0.1, 0.15) is 32.3 Å². The summed E-state index contributed by atoms with van der Waals surface area (Å²) in [6, 6.07) is 16.3. The second kappa shape index (κ2) is 14.1. The van der Waals surface area contributed by atoms with E-state index in [1.165, 1.54) is 5.56 Å². The normalized spacial score (nSPS) is 18.2. The Morgan fingerprint density at radius 3 is 2.46 bits per heavy atom. The van der Waals surface area contributed by atoms with E-state index in [0.29, 0.717) is 6.54 Å². The van der Waals surface area contributed by atoms with Gasteiger partial charge in [-0.05, 0) is 56.6 Å². The van der Waals surface area contributed by atoms with Gasteiger partial charge in [-0.2, -0.15) is 0 Å². The number of carbonyl (C=O) groups excluding carboxylic acids is 1. The standard InChI is InChI=1S/C20H23ClN4.C9H18N2O/c1-25-12-10-20(11-13-25)19(22-14-15-6-8-16(21)9-7-15)23-17-4-2-3-5-18(17)24-20;1-4-11(6-5-10-3)7-9(2)8-12/h2-9,24H,10-14H2,1H3,(H,22,23);5-6,8-10H,4,7H2,1-3H3/b;6-5-. The van der Waals surface area contributed by atoms with E-state index in [9.17, 15) is 4.79 Å². The van der Waals surface area contributed by atoms with Crippen molar-refractivity contribution in [2.24, 2.45) is 10.9 Å². The van der Waals surface area contributed by atoms with Crippen molar-refractivity contribution in [2.75, 3.05) is 50.9 Å². The fraction of sp³-hybridized carbons (Fsp3) is 0.448. The van der Waals surface area contributed by atoms with Crippen LogP contribution in [0.2, 0.25) is 5.02 Å². The molecule has 4 rings (SSSR count). The summed E-state index contributed by atoms with van der Waals surface area (Å²) in [5.74, 6) is 1.15. The maximum Gasteiger partial charge on any atom is 0.127 e. The smallest absolute Gasteiger partial charge is 0.127 e. The minimum absolute atomic E-state index is 0.103. The van der Waals surface area contributed by atoms with Crippen molar-refractivity contribution >= 4 is 35.1 Å². The molecule has 7 nitrogen and oxygen atoms in total. The Balaban J connectivity index is 0.000000270. The van der Waals surface area contributed by atoms with E-state index in [2.05, 4.69) is 64.0 Å². The molecule has 8 heteroatoms. The van der Waals surface area contributed by atoms with E-state index in [0.717, 1.165) is 67.5 Å². The summed E-state index contributed by atoms with van der Waals surface area (Å²) in [5, 5.41) is 11.1. The minimum atomic E-state index is -0.104. The molecule has 0 amide bonds. The van der Waals surface area contributed by atoms with Gasteiger partial charge in [-0.25, -0.2) is 0 Å². The number of hydrogen-bond donors (Lipinski definition) is 3. The van der Waals surface area contributed by atoms with Gasteiger partial charge in [0, 0.05) is 56.6 Å². The Hall–Kier alpha value is -3.03. The first kappa shape index (κ1) is 28.5. The van der Waals surface area contributed by atoms with Gasteiger partial charge >= 0.3 is 0 Å². The number of anilines is 2. The van der Waals surface area contributed by atoms with Crippen LogP contribution < -0.4 is 16.0 Å². The molecule has 1 atom stereocenters. The first-order chi connectivity index (χ1) is 17.9. The van der Waals surface area contributed by atoms with Crippen LogP contribution in [0.25, 0.3) is 0 Å². The number of nitrogens with one attached hydrogen (secondary N) is 3. The van der Waals surface area contributed by atoms with E-state index in [4.69, 9.17) is 16.6 Å². The average Bonchev–Trinajstić information content (AvgIpc) is 2.92. The van der Waals surface area contributed by atoms with Gasteiger partial charge in [-0.3, -0.25) is 4.99 Å². The zero-order valence-electron chi connectivity index (χ0n) is 22.5. The molecule has 2 aromatic rings. The number of amidine groups is 1. The second-order valence-electron chi connectivity index (χ2n) is 9.78. The predicted molar refractivity (Wildman–Crippen MR) is 156 cm³/mol. The second-order valence-corrected chi connectivity index (χ2v) is 10.2. The molecule has 0 saturated carbocycles. The highest BCUT2D eigenvalue weighted by Crippen LogP contribution is 2.36. The molecule has 0 aliphatic carbocycles. The molecule has 37 heavy (non-hydrogen) atoms. The summed E-state index contributed by atoms with van der Waals surface area (Å²) in [5.41, 5.74) is 3.33. The van der Waals surface area contributed by atoms with Crippen molar-refractivity contribution in [3.8, 4) is 0 Å². The highest BCUT2D eigenvalue weighted by molar-refractivity contribution is 6.30. The van der Waals surface area contributed by atoms with E-state index in [1.54, 1.807) is 0 Å². The monoisotopic (exact) mass is 524 g/mol. The molecule has 200 valence electrons. The van der Waals surface area contributed by atoms with Gasteiger partial charge in [-0.15, -0.1) is 0 Å². The Morgan fingerprint density at radius 2 is 1.84 bits per heavy atom. The Labute approximate surface area is 227 Å². The van der Waals surface area contributed by atoms with Crippen LogP contribution in [0, 0.1) is 5.92 Å². The lowest BCUT2D eigenvalue weighted by atomic mass is 9.84. The van der Waals surface area contributed by atoms with E-state index >= 15 is 0 Å². The third-order valence-electron chi connectivity index (χ3n) is 6.79. The number of likely N-dealkylation sites (tertiary alicyclic amines) is 1. The fourth-order valence-corrected chi connectivity index (χ4v) is 4.59. The maximum absolute atomic E-state index is 10.4. The lowest BCUT2D eigenvalue weighted by molar-refractivity contribution is -0.111. The zero-order valence-corrected chi connectivity index (χ0v) is 23.3. The number of rotatable bonds is 8. The molecule has 2 aliphatic heterocycles. The Morgan fingerprint density at radius 1 is 1.16 bits per heavy atom. The van der Waals surface area contributed by atoms with Gasteiger partial charge in [0.2, 0.25) is 0 Å². The molecule has 2 aromatic carbocycles. The first-order valence-electron chi connectivity index (χ1n) is 13.0. The third kappa shape index (κ3) is 8.23. The Bertz CT molecular complexity index is 1050. The third-order valence-corrected chi connectivity index (χ3v) is 7.05. The van der Waals surface area contributed by atoms with Gasteiger partial charge < -0.3 is 30.5 Å². The summed E-state index contributed by atoms with van der Waals surface area (Å²) >= 11 is 5.98. The van der Waals surface area contributed by atoms with Crippen molar-refractivity contribution in [1.82, 2.24) is 15.1 Å². The highest BCUT2D eigenvalue weighted by atomic mass is 35.5. The molecule has 0 aromatic heterocycles. The summed E-state index contributed by atoms with van der Waals surface area (Å²) in [6.45, 7) is 8.49. The maximum atomic E-state index is 10.4. The number of piperidine rings is 1. The van der Waals surface area contributed by atoms with Crippen LogP contribution in [-0.4, -0.2) is 67.7 Å². The summed E-state index contributed by atoms with van der Waals surface area (Å²) in [4.78, 5) is 19.8. The lowest BCUT2D eigenvalue weighted by Gasteiger charge is -2.46. The molecule has 1 unspecified atom stereocenters. The summed E-state index contributed by atoms with van der Waals surface area (Å²) in [7, 11) is 4.04. The molecule has 2 heterocycles. The van der Waals surface area contributed by atoms with Crippen LogP contribution >= 0.6 is 11.6 Å². The van der Waals surface area contributed by atoms with Gasteiger partial charge in [0.1, 0.15) is 12.1 Å². The lowest BCUT2D eigenvalue weighted by Crippen LogP contribution is -2.58. The molecular formula is C29H41ClN6O. The van der Waals surface area contributed by atoms with Crippen LogP contribution in [0.15, 0.2) is 65.9 Å². The molecule has 1 spiro atoms. The summed E-state index contributed by atoms with van der Waals surface area (Å²) in [6.07, 6.45) is 6.89. The van der Waals surface area contributed by atoms with Crippen molar-refractivity contribution in [3.05, 3.63) is 71.5 Å². The van der Waals surface area contributed by atoms with Gasteiger partial charge in [-0.1, -0.05) is 42.8 Å². The molecule has 2 aliphatic rings. The minimum Gasteiger partial charge on any atom is -0.393 e. The number of halogens is 1. The molecule has 0 radical (unpaired) electrons. The van der Waals surface area contributed by atoms with Crippen molar-refractivity contribution < 1.29 is 4.79 Å². The fourth-order valence-electron chi connectivity index (χ4n) is 4.47. The molecule has 0 bridgehead atoms. The van der Waals surface area contributed by atoms with Crippen LogP contribution in [0.5, 0.6) is 0 Å². The largest absolute Gasteiger partial charge is 0.393 e. The summed E-state index contributed by atoms with van der Waals surface area (Å²) < 4.78 is 0. The number of aldehydes is 1. The molecule has 1 fully saturated rings. The van der Waals surface area contributed by atoms with Gasteiger partial charge in [0.25, 0.3) is 0 Å². The molecule has 1 saturated heterocycles. The average molecular weight is 525 g/mol. The van der Waals surface area contributed by atoms with E-state index < -0.39 is 0 Å². The molecule has 3 N–H and O–H groups in total. The predicted octanol–water partition coefficient (Wildman–Crippen LogP) is 5.07. The van der Waals surface area contributed by atoms with Crippen molar-refractivity contribution in [2.45, 2.75) is 38.8 Å². The molecular weight excluding hydrogens is 484 g/mol. The SMILES string of the molecule is CCN(/C=C\NC)CC(C)C=O.CN1CCC2(CC1)Nc1ccccc1NC2=NCc1ccc(Cl)cc1. The number of benzene rings is 2. The van der Waals surface area contributed by atoms with Crippen LogP contribution in [0.4, 0.5) is 11.4 Å². The van der Waals surface area contributed by atoms with E-state index in [-0.39, 0.29) is 11.5 Å². The van der Waals surface area contributed by atoms with Crippen molar-refractivity contribution in [1.29, 1.82) is 0 Å². The number of nitrogens with zero attached hydrogens (tertiary/aromatic N) is 3. The van der Waals surface area contributed by atoms with Gasteiger partial charge in [0.05, 0.1) is 23.5 Å².